The molecule has 6 nitrogen and oxygen atoms in total. The molecule has 0 aliphatic rings. The van der Waals surface area contributed by atoms with Crippen molar-refractivity contribution in [2.24, 2.45) is 0 Å². The maximum atomic E-state index is 11.0. The summed E-state index contributed by atoms with van der Waals surface area (Å²) < 4.78 is 9.99. The summed E-state index contributed by atoms with van der Waals surface area (Å²) in [5.74, 6) is 1.03. The first-order valence-corrected chi connectivity index (χ1v) is 7.02. The number of halogens is 1. The minimum Gasteiger partial charge on any atom is -0.493 e. The van der Waals surface area contributed by atoms with Gasteiger partial charge >= 0.3 is 5.97 Å². The number of carbonyl (C=O) groups is 1. The Labute approximate surface area is 133 Å². The van der Waals surface area contributed by atoms with Crippen molar-refractivity contribution in [1.82, 2.24) is 9.97 Å². The molecule has 0 aliphatic heterocycles. The number of nitrogens with one attached hydrogen (secondary N) is 1. The average Bonchev–Trinajstić information content (AvgIpc) is 2.52. The van der Waals surface area contributed by atoms with Crippen LogP contribution in [0.1, 0.15) is 12.0 Å². The van der Waals surface area contributed by atoms with Gasteiger partial charge in [-0.1, -0.05) is 0 Å². The molecule has 22 heavy (non-hydrogen) atoms. The smallest absolute Gasteiger partial charge is 0.308 e. The predicted molar refractivity (Wildman–Crippen MR) is 83.6 cm³/mol. The van der Waals surface area contributed by atoms with Crippen LogP contribution in [-0.4, -0.2) is 29.7 Å². The highest BCUT2D eigenvalue weighted by Crippen LogP contribution is 2.21. The second-order valence-electron chi connectivity index (χ2n) is 4.49. The molecule has 1 N–H and O–H groups in total. The van der Waals surface area contributed by atoms with Crippen LogP contribution in [-0.2, 0) is 9.53 Å². The molecule has 0 amide bonds. The molecule has 0 saturated heterocycles. The number of hydrogen-bond donors (Lipinski definition) is 1. The fourth-order valence-electron chi connectivity index (χ4n) is 1.67. The monoisotopic (exact) mass is 321 g/mol. The molecule has 0 fully saturated rings. The zero-order valence-electron chi connectivity index (χ0n) is 12.3. The third-order valence-electron chi connectivity index (χ3n) is 2.86. The number of ether oxygens (including phenoxy) is 2. The zero-order valence-corrected chi connectivity index (χ0v) is 13.1. The quantitative estimate of drug-likeness (QED) is 0.651. The van der Waals surface area contributed by atoms with Crippen LogP contribution < -0.4 is 10.1 Å². The van der Waals surface area contributed by atoms with E-state index in [-0.39, 0.29) is 24.3 Å². The van der Waals surface area contributed by atoms with Gasteiger partial charge in [0.1, 0.15) is 11.6 Å². The van der Waals surface area contributed by atoms with E-state index in [1.807, 2.05) is 19.1 Å². The van der Waals surface area contributed by atoms with Crippen molar-refractivity contribution in [2.45, 2.75) is 13.3 Å². The minimum absolute atomic E-state index is 0.191. The molecule has 1 heterocycles. The predicted octanol–water partition coefficient (Wildman–Crippen LogP) is 3.12. The van der Waals surface area contributed by atoms with E-state index in [1.165, 1.54) is 7.11 Å². The number of esters is 1. The van der Waals surface area contributed by atoms with Crippen molar-refractivity contribution in [3.8, 4) is 5.75 Å². The van der Waals surface area contributed by atoms with Crippen molar-refractivity contribution in [2.75, 3.05) is 19.0 Å². The fourth-order valence-corrected chi connectivity index (χ4v) is 1.81. The lowest BCUT2D eigenvalue weighted by Gasteiger charge is -2.10. The molecule has 1 aromatic heterocycles. The van der Waals surface area contributed by atoms with Crippen molar-refractivity contribution in [3.63, 3.8) is 0 Å². The van der Waals surface area contributed by atoms with Gasteiger partial charge in [-0.25, -0.2) is 9.97 Å². The van der Waals surface area contributed by atoms with Gasteiger partial charge in [-0.3, -0.25) is 4.79 Å². The number of aryl methyl sites for hydroxylation is 1. The van der Waals surface area contributed by atoms with Gasteiger partial charge in [-0.2, -0.15) is 0 Å². The van der Waals surface area contributed by atoms with Crippen LogP contribution in [0.2, 0.25) is 5.28 Å². The van der Waals surface area contributed by atoms with E-state index in [4.69, 9.17) is 16.3 Å². The summed E-state index contributed by atoms with van der Waals surface area (Å²) in [7, 11) is 1.35. The second-order valence-corrected chi connectivity index (χ2v) is 4.83. The largest absolute Gasteiger partial charge is 0.493 e. The molecule has 2 aromatic rings. The SMILES string of the molecule is COC(=O)CCOc1ccc(Nc2nc(Cl)ncc2C)cc1. The van der Waals surface area contributed by atoms with Crippen LogP contribution in [0, 0.1) is 6.92 Å². The van der Waals surface area contributed by atoms with Crippen LogP contribution in [0.5, 0.6) is 5.75 Å². The van der Waals surface area contributed by atoms with Crippen LogP contribution >= 0.6 is 11.6 Å². The fraction of sp³-hybridized carbons (Fsp3) is 0.267. The first-order valence-electron chi connectivity index (χ1n) is 6.64. The van der Waals surface area contributed by atoms with Crippen molar-refractivity contribution in [1.29, 1.82) is 0 Å². The van der Waals surface area contributed by atoms with E-state index in [0.717, 1.165) is 11.3 Å². The van der Waals surface area contributed by atoms with Crippen molar-refractivity contribution >= 4 is 29.1 Å². The molecule has 0 radical (unpaired) electrons. The molecular weight excluding hydrogens is 306 g/mol. The Morgan fingerprint density at radius 1 is 1.32 bits per heavy atom. The molecule has 1 aromatic carbocycles. The summed E-state index contributed by atoms with van der Waals surface area (Å²) in [6.07, 6.45) is 1.87. The molecule has 0 bridgehead atoms. The Morgan fingerprint density at radius 3 is 2.73 bits per heavy atom. The number of nitrogens with zero attached hydrogens (tertiary/aromatic N) is 2. The van der Waals surface area contributed by atoms with E-state index >= 15 is 0 Å². The lowest BCUT2D eigenvalue weighted by Crippen LogP contribution is -2.07. The van der Waals surface area contributed by atoms with E-state index in [9.17, 15) is 4.79 Å². The molecule has 0 aliphatic carbocycles. The van der Waals surface area contributed by atoms with E-state index in [0.29, 0.717) is 11.6 Å². The van der Waals surface area contributed by atoms with Crippen LogP contribution in [0.3, 0.4) is 0 Å². The third-order valence-corrected chi connectivity index (χ3v) is 3.04. The molecule has 0 saturated carbocycles. The molecule has 7 heteroatoms. The molecule has 0 spiro atoms. The number of hydrogen-bond acceptors (Lipinski definition) is 6. The lowest BCUT2D eigenvalue weighted by molar-refractivity contribution is -0.141. The molecular formula is C15H16ClN3O3. The molecule has 2 rings (SSSR count). The number of rotatable bonds is 6. The Kier molecular flexibility index (Phi) is 5.55. The summed E-state index contributed by atoms with van der Waals surface area (Å²) in [4.78, 5) is 19.0. The standard InChI is InChI=1S/C15H16ClN3O3/c1-10-9-17-15(16)19-14(10)18-11-3-5-12(6-4-11)22-8-7-13(20)21-2/h3-6,9H,7-8H2,1-2H3,(H,17,18,19). The summed E-state index contributed by atoms with van der Waals surface area (Å²) >= 11 is 5.78. The number of methoxy groups -OCH3 is 1. The lowest BCUT2D eigenvalue weighted by atomic mass is 10.3. The Bertz CT molecular complexity index is 647. The van der Waals surface area contributed by atoms with Crippen molar-refractivity contribution < 1.29 is 14.3 Å². The third kappa shape index (κ3) is 4.60. The van der Waals surface area contributed by atoms with Gasteiger partial charge in [0.25, 0.3) is 0 Å². The first-order chi connectivity index (χ1) is 10.6. The molecule has 116 valence electrons. The second kappa shape index (κ2) is 7.61. The van der Waals surface area contributed by atoms with Crippen LogP contribution in [0.15, 0.2) is 30.5 Å². The van der Waals surface area contributed by atoms with Crippen LogP contribution in [0.25, 0.3) is 0 Å². The van der Waals surface area contributed by atoms with Gasteiger partial charge in [0.05, 0.1) is 20.1 Å². The summed E-state index contributed by atoms with van der Waals surface area (Å²) in [5.41, 5.74) is 1.74. The zero-order chi connectivity index (χ0) is 15.9. The summed E-state index contributed by atoms with van der Waals surface area (Å²) in [5, 5.41) is 3.35. The average molecular weight is 322 g/mol. The first kappa shape index (κ1) is 16.0. The highest BCUT2D eigenvalue weighted by atomic mass is 35.5. The number of aromatic nitrogens is 2. The Balaban J connectivity index is 1.94. The van der Waals surface area contributed by atoms with E-state index < -0.39 is 0 Å². The Hall–Kier alpha value is -2.34. The topological polar surface area (TPSA) is 73.3 Å². The number of benzene rings is 1. The van der Waals surface area contributed by atoms with Gasteiger partial charge < -0.3 is 14.8 Å². The van der Waals surface area contributed by atoms with Gasteiger partial charge in [0, 0.05) is 17.4 Å². The maximum absolute atomic E-state index is 11.0. The molecule has 0 unspecified atom stereocenters. The Morgan fingerprint density at radius 2 is 2.05 bits per heavy atom. The van der Waals surface area contributed by atoms with Gasteiger partial charge in [-0.05, 0) is 42.8 Å². The maximum Gasteiger partial charge on any atom is 0.308 e. The number of anilines is 2. The molecule has 0 atom stereocenters. The van der Waals surface area contributed by atoms with E-state index in [1.54, 1.807) is 18.3 Å². The van der Waals surface area contributed by atoms with E-state index in [2.05, 4.69) is 20.0 Å². The highest BCUT2D eigenvalue weighted by molar-refractivity contribution is 6.28. The van der Waals surface area contributed by atoms with Gasteiger partial charge in [0.15, 0.2) is 0 Å². The minimum atomic E-state index is -0.297. The summed E-state index contributed by atoms with van der Waals surface area (Å²) in [6.45, 7) is 2.17. The van der Waals surface area contributed by atoms with Crippen LogP contribution in [0.4, 0.5) is 11.5 Å². The van der Waals surface area contributed by atoms with Gasteiger partial charge in [0.2, 0.25) is 5.28 Å². The number of carbonyl (C=O) groups excluding carboxylic acids is 1. The van der Waals surface area contributed by atoms with Crippen molar-refractivity contribution in [3.05, 3.63) is 41.3 Å². The summed E-state index contributed by atoms with van der Waals surface area (Å²) in [6, 6.07) is 7.31. The highest BCUT2D eigenvalue weighted by Gasteiger charge is 2.04. The van der Waals surface area contributed by atoms with Gasteiger partial charge in [-0.15, -0.1) is 0 Å². The normalized spacial score (nSPS) is 10.1.